The van der Waals surface area contributed by atoms with Gasteiger partial charge < -0.3 is 10.0 Å². The van der Waals surface area contributed by atoms with Crippen LogP contribution in [0.25, 0.3) is 0 Å². The van der Waals surface area contributed by atoms with Crippen molar-refractivity contribution in [1.29, 1.82) is 0 Å². The Morgan fingerprint density at radius 3 is 2.76 bits per heavy atom. The molecule has 1 aromatic rings. The van der Waals surface area contributed by atoms with Gasteiger partial charge in [-0.1, -0.05) is 0 Å². The van der Waals surface area contributed by atoms with Crippen LogP contribution in [-0.2, 0) is 0 Å². The average molecular weight is 260 g/mol. The molecule has 17 heavy (non-hydrogen) atoms. The minimum Gasteiger partial charge on any atom is -0.393 e. The van der Waals surface area contributed by atoms with E-state index < -0.39 is 5.82 Å². The summed E-state index contributed by atoms with van der Waals surface area (Å²) in [5.41, 5.74) is 0. The second kappa shape index (κ2) is 5.14. The van der Waals surface area contributed by atoms with Crippen molar-refractivity contribution in [1.82, 2.24) is 9.97 Å². The highest BCUT2D eigenvalue weighted by molar-refractivity contribution is 6.28. The van der Waals surface area contributed by atoms with Crippen LogP contribution in [0.2, 0.25) is 5.28 Å². The Morgan fingerprint density at radius 1 is 1.53 bits per heavy atom. The first-order valence-corrected chi connectivity index (χ1v) is 6.07. The van der Waals surface area contributed by atoms with Crippen molar-refractivity contribution >= 4 is 17.4 Å². The highest BCUT2D eigenvalue weighted by atomic mass is 35.5. The standard InChI is InChI=1S/C11H15ClFN3O/c1-7(17)8-2-4-16(5-3-8)10-9(13)6-14-11(12)15-10/h6-8,17H,2-5H2,1H3. The summed E-state index contributed by atoms with van der Waals surface area (Å²) >= 11 is 5.66. The molecule has 0 saturated carbocycles. The second-order valence-electron chi connectivity index (χ2n) is 4.38. The van der Waals surface area contributed by atoms with Crippen molar-refractivity contribution in [2.45, 2.75) is 25.9 Å². The number of aromatic nitrogens is 2. The Balaban J connectivity index is 2.07. The van der Waals surface area contributed by atoms with Gasteiger partial charge in [0.05, 0.1) is 12.3 Å². The molecule has 1 saturated heterocycles. The van der Waals surface area contributed by atoms with E-state index in [-0.39, 0.29) is 23.1 Å². The van der Waals surface area contributed by atoms with Gasteiger partial charge in [0.1, 0.15) is 0 Å². The van der Waals surface area contributed by atoms with Crippen molar-refractivity contribution in [2.75, 3.05) is 18.0 Å². The molecular formula is C11H15ClFN3O. The maximum Gasteiger partial charge on any atom is 0.224 e. The van der Waals surface area contributed by atoms with E-state index in [0.29, 0.717) is 13.1 Å². The summed E-state index contributed by atoms with van der Waals surface area (Å²) in [5, 5.41) is 9.55. The van der Waals surface area contributed by atoms with Crippen LogP contribution >= 0.6 is 11.6 Å². The first-order valence-electron chi connectivity index (χ1n) is 5.69. The number of piperidine rings is 1. The predicted molar refractivity (Wildman–Crippen MR) is 63.6 cm³/mol. The summed E-state index contributed by atoms with van der Waals surface area (Å²) in [6, 6.07) is 0. The summed E-state index contributed by atoms with van der Waals surface area (Å²) in [5.74, 6) is 0.0885. The lowest BCUT2D eigenvalue weighted by atomic mass is 9.92. The number of aliphatic hydroxyl groups is 1. The van der Waals surface area contributed by atoms with Crippen LogP contribution in [-0.4, -0.2) is 34.3 Å². The fraction of sp³-hybridized carbons (Fsp3) is 0.636. The zero-order valence-corrected chi connectivity index (χ0v) is 10.4. The molecule has 1 atom stereocenters. The Morgan fingerprint density at radius 2 is 2.18 bits per heavy atom. The smallest absolute Gasteiger partial charge is 0.224 e. The summed E-state index contributed by atoms with van der Waals surface area (Å²) < 4.78 is 13.5. The fourth-order valence-corrected chi connectivity index (χ4v) is 2.28. The molecule has 0 radical (unpaired) electrons. The number of hydrogen-bond donors (Lipinski definition) is 1. The van der Waals surface area contributed by atoms with Crippen LogP contribution in [0.5, 0.6) is 0 Å². The Hall–Kier alpha value is -0.940. The molecule has 1 N–H and O–H groups in total. The Kier molecular flexibility index (Phi) is 3.79. The normalized spacial score (nSPS) is 19.4. The topological polar surface area (TPSA) is 49.2 Å². The zero-order valence-electron chi connectivity index (χ0n) is 9.61. The Labute approximate surface area is 104 Å². The van der Waals surface area contributed by atoms with Crippen LogP contribution < -0.4 is 4.90 Å². The predicted octanol–water partition coefficient (Wildman–Crippen LogP) is 1.87. The van der Waals surface area contributed by atoms with E-state index in [4.69, 9.17) is 11.6 Å². The van der Waals surface area contributed by atoms with Gasteiger partial charge in [-0.2, -0.15) is 4.98 Å². The van der Waals surface area contributed by atoms with Gasteiger partial charge in [-0.15, -0.1) is 0 Å². The molecule has 1 aromatic heterocycles. The largest absolute Gasteiger partial charge is 0.393 e. The monoisotopic (exact) mass is 259 g/mol. The van der Waals surface area contributed by atoms with Gasteiger partial charge in [0.25, 0.3) is 0 Å². The fourth-order valence-electron chi connectivity index (χ4n) is 2.15. The van der Waals surface area contributed by atoms with Gasteiger partial charge in [-0.05, 0) is 37.3 Å². The van der Waals surface area contributed by atoms with Gasteiger partial charge in [0.2, 0.25) is 5.28 Å². The van der Waals surface area contributed by atoms with Crippen LogP contribution in [0.1, 0.15) is 19.8 Å². The minimum absolute atomic E-state index is 0.0547. The van der Waals surface area contributed by atoms with E-state index in [1.54, 1.807) is 6.92 Å². The molecule has 6 heteroatoms. The van der Waals surface area contributed by atoms with E-state index in [0.717, 1.165) is 19.0 Å². The van der Waals surface area contributed by atoms with Gasteiger partial charge in [-0.25, -0.2) is 9.37 Å². The maximum absolute atomic E-state index is 13.5. The SMILES string of the molecule is CC(O)C1CCN(c2nc(Cl)ncc2F)CC1. The number of nitrogens with zero attached hydrogens (tertiary/aromatic N) is 3. The third kappa shape index (κ3) is 2.84. The quantitative estimate of drug-likeness (QED) is 0.824. The van der Waals surface area contributed by atoms with Gasteiger partial charge >= 0.3 is 0 Å². The first-order chi connectivity index (χ1) is 8.08. The van der Waals surface area contributed by atoms with Gasteiger partial charge in [0.15, 0.2) is 11.6 Å². The lowest BCUT2D eigenvalue weighted by molar-refractivity contribution is 0.109. The molecule has 2 heterocycles. The molecule has 0 amide bonds. The van der Waals surface area contributed by atoms with E-state index in [1.807, 2.05) is 4.90 Å². The van der Waals surface area contributed by atoms with Gasteiger partial charge in [0, 0.05) is 13.1 Å². The first kappa shape index (κ1) is 12.5. The van der Waals surface area contributed by atoms with E-state index in [9.17, 15) is 9.50 Å². The molecule has 94 valence electrons. The van der Waals surface area contributed by atoms with Crippen LogP contribution in [0.3, 0.4) is 0 Å². The number of rotatable bonds is 2. The zero-order chi connectivity index (χ0) is 12.4. The van der Waals surface area contributed by atoms with E-state index >= 15 is 0 Å². The number of hydrogen-bond acceptors (Lipinski definition) is 4. The van der Waals surface area contributed by atoms with Crippen LogP contribution in [0.4, 0.5) is 10.2 Å². The number of aliphatic hydroxyl groups excluding tert-OH is 1. The van der Waals surface area contributed by atoms with Crippen molar-refractivity contribution in [3.8, 4) is 0 Å². The third-order valence-electron chi connectivity index (χ3n) is 3.22. The minimum atomic E-state index is -0.454. The highest BCUT2D eigenvalue weighted by Gasteiger charge is 2.25. The Bertz CT molecular complexity index is 394. The molecule has 0 spiro atoms. The van der Waals surface area contributed by atoms with E-state index in [1.165, 1.54) is 0 Å². The molecule has 1 fully saturated rings. The second-order valence-corrected chi connectivity index (χ2v) is 4.71. The van der Waals surface area contributed by atoms with Crippen LogP contribution in [0, 0.1) is 11.7 Å². The molecule has 2 rings (SSSR count). The molecule has 0 aliphatic carbocycles. The summed E-state index contributed by atoms with van der Waals surface area (Å²) in [6.07, 6.45) is 2.44. The molecule has 0 aromatic carbocycles. The number of anilines is 1. The highest BCUT2D eigenvalue weighted by Crippen LogP contribution is 2.26. The van der Waals surface area contributed by atoms with Gasteiger partial charge in [-0.3, -0.25) is 0 Å². The summed E-state index contributed by atoms with van der Waals surface area (Å²) in [7, 11) is 0. The number of halogens is 2. The molecule has 1 aliphatic rings. The molecular weight excluding hydrogens is 245 g/mol. The lowest BCUT2D eigenvalue weighted by Gasteiger charge is -2.34. The van der Waals surface area contributed by atoms with Crippen molar-refractivity contribution in [3.63, 3.8) is 0 Å². The molecule has 0 bridgehead atoms. The molecule has 1 unspecified atom stereocenters. The third-order valence-corrected chi connectivity index (χ3v) is 3.40. The maximum atomic E-state index is 13.5. The van der Waals surface area contributed by atoms with Crippen molar-refractivity contribution < 1.29 is 9.50 Å². The molecule has 1 aliphatic heterocycles. The summed E-state index contributed by atoms with van der Waals surface area (Å²) in [6.45, 7) is 3.15. The van der Waals surface area contributed by atoms with Crippen LogP contribution in [0.15, 0.2) is 6.20 Å². The van der Waals surface area contributed by atoms with Crippen molar-refractivity contribution in [2.24, 2.45) is 5.92 Å². The lowest BCUT2D eigenvalue weighted by Crippen LogP contribution is -2.38. The van der Waals surface area contributed by atoms with E-state index in [2.05, 4.69) is 9.97 Å². The average Bonchev–Trinajstić information content (AvgIpc) is 2.32. The molecule has 4 nitrogen and oxygen atoms in total. The summed E-state index contributed by atoms with van der Waals surface area (Å²) in [4.78, 5) is 9.35. The van der Waals surface area contributed by atoms with Crippen molar-refractivity contribution in [3.05, 3.63) is 17.3 Å².